The maximum Gasteiger partial charge on any atom is 0.273 e. The fourth-order valence-corrected chi connectivity index (χ4v) is 4.06. The molecule has 2 aromatic rings. The van der Waals surface area contributed by atoms with Crippen LogP contribution in [0.3, 0.4) is 0 Å². The average Bonchev–Trinajstić information content (AvgIpc) is 3.38. The Hall–Kier alpha value is -2.80. The predicted octanol–water partition coefficient (Wildman–Crippen LogP) is 2.75. The zero-order valence-corrected chi connectivity index (χ0v) is 16.6. The second-order valence-corrected chi connectivity index (χ2v) is 7.73. The van der Waals surface area contributed by atoms with E-state index in [1.807, 2.05) is 6.08 Å². The number of likely N-dealkylation sites (tertiary alicyclic amines) is 1. The van der Waals surface area contributed by atoms with Gasteiger partial charge in [0.15, 0.2) is 5.82 Å². The Labute approximate surface area is 165 Å². The summed E-state index contributed by atoms with van der Waals surface area (Å²) < 4.78 is 0. The molecule has 0 unspecified atom stereocenters. The molecule has 2 aliphatic rings. The molecule has 1 fully saturated rings. The first-order valence-electron chi connectivity index (χ1n) is 9.85. The summed E-state index contributed by atoms with van der Waals surface area (Å²) in [6.07, 6.45) is 7.74. The first-order valence-corrected chi connectivity index (χ1v) is 9.85. The van der Waals surface area contributed by atoms with Crippen molar-refractivity contribution in [2.45, 2.75) is 46.1 Å². The van der Waals surface area contributed by atoms with Crippen molar-refractivity contribution < 1.29 is 4.79 Å². The Kier molecular flexibility index (Phi) is 5.09. The highest BCUT2D eigenvalue weighted by Gasteiger charge is 2.28. The van der Waals surface area contributed by atoms with E-state index >= 15 is 0 Å². The van der Waals surface area contributed by atoms with Crippen LogP contribution < -0.4 is 5.43 Å². The molecule has 0 bridgehead atoms. The van der Waals surface area contributed by atoms with Crippen molar-refractivity contribution in [3.05, 3.63) is 52.4 Å². The second kappa shape index (κ2) is 7.67. The van der Waals surface area contributed by atoms with Gasteiger partial charge in [0.05, 0.1) is 5.57 Å². The van der Waals surface area contributed by atoms with Crippen molar-refractivity contribution in [1.82, 2.24) is 25.3 Å². The van der Waals surface area contributed by atoms with Gasteiger partial charge in [0, 0.05) is 30.3 Å². The van der Waals surface area contributed by atoms with Gasteiger partial charge in [-0.05, 0) is 62.0 Å². The van der Waals surface area contributed by atoms with Crippen LogP contribution in [0.25, 0.3) is 6.08 Å². The van der Waals surface area contributed by atoms with Crippen LogP contribution in [-0.2, 0) is 11.3 Å². The van der Waals surface area contributed by atoms with Crippen LogP contribution in [0.2, 0.25) is 0 Å². The molecule has 2 aromatic heterocycles. The van der Waals surface area contributed by atoms with E-state index in [4.69, 9.17) is 0 Å². The summed E-state index contributed by atoms with van der Waals surface area (Å²) in [4.78, 5) is 26.9. The number of carbonyl (C=O) groups is 1. The predicted molar refractivity (Wildman–Crippen MR) is 109 cm³/mol. The van der Waals surface area contributed by atoms with E-state index in [0.717, 1.165) is 31.0 Å². The number of hydrogen-bond acceptors (Lipinski definition) is 5. The fraction of sp³-hybridized carbons (Fsp3) is 0.429. The van der Waals surface area contributed by atoms with Gasteiger partial charge in [-0.15, -0.1) is 0 Å². The lowest BCUT2D eigenvalue weighted by Gasteiger charge is -2.17. The average molecular weight is 378 g/mol. The van der Waals surface area contributed by atoms with Gasteiger partial charge < -0.3 is 4.98 Å². The Morgan fingerprint density at radius 2 is 1.93 bits per heavy atom. The Bertz CT molecular complexity index is 935. The highest BCUT2D eigenvalue weighted by Crippen LogP contribution is 2.31. The molecule has 7 nitrogen and oxygen atoms in total. The van der Waals surface area contributed by atoms with E-state index in [1.54, 1.807) is 18.5 Å². The number of carbonyl (C=O) groups excluding carboxylic acids is 1. The Balaban J connectivity index is 1.74. The van der Waals surface area contributed by atoms with E-state index in [2.05, 4.69) is 51.2 Å². The first kappa shape index (κ1) is 18.6. The van der Waals surface area contributed by atoms with Crippen LogP contribution in [0.15, 0.2) is 29.1 Å². The third-order valence-corrected chi connectivity index (χ3v) is 5.38. The van der Waals surface area contributed by atoms with Gasteiger partial charge in [-0.3, -0.25) is 9.69 Å². The summed E-state index contributed by atoms with van der Waals surface area (Å²) >= 11 is 0. The van der Waals surface area contributed by atoms with Gasteiger partial charge in [0.25, 0.3) is 5.91 Å². The van der Waals surface area contributed by atoms with E-state index in [-0.39, 0.29) is 5.91 Å². The van der Waals surface area contributed by atoms with Crippen LogP contribution in [0, 0.1) is 6.92 Å². The maximum absolute atomic E-state index is 12.4. The van der Waals surface area contributed by atoms with Crippen LogP contribution >= 0.6 is 0 Å². The minimum atomic E-state index is -0.231. The van der Waals surface area contributed by atoms with Gasteiger partial charge in [-0.2, -0.15) is 5.10 Å². The maximum atomic E-state index is 12.4. The van der Waals surface area contributed by atoms with Crippen LogP contribution in [0.5, 0.6) is 0 Å². The second-order valence-electron chi connectivity index (χ2n) is 7.73. The minimum absolute atomic E-state index is 0.231. The molecule has 0 saturated carbocycles. The van der Waals surface area contributed by atoms with Gasteiger partial charge in [-0.1, -0.05) is 13.8 Å². The topological polar surface area (TPSA) is 86.3 Å². The summed E-state index contributed by atoms with van der Waals surface area (Å²) in [6, 6.07) is 1.74. The minimum Gasteiger partial charge on any atom is -0.359 e. The molecule has 0 atom stereocenters. The highest BCUT2D eigenvalue weighted by atomic mass is 16.2. The van der Waals surface area contributed by atoms with E-state index in [9.17, 15) is 4.79 Å². The number of aromatic nitrogens is 3. The number of nitrogens with one attached hydrogen (secondary N) is 2. The molecule has 0 aromatic carbocycles. The molecule has 1 saturated heterocycles. The summed E-state index contributed by atoms with van der Waals surface area (Å²) in [5.41, 5.74) is 8.26. The van der Waals surface area contributed by atoms with E-state index in [0.29, 0.717) is 23.0 Å². The molecule has 2 N–H and O–H groups in total. The monoisotopic (exact) mass is 378 g/mol. The third-order valence-electron chi connectivity index (χ3n) is 5.38. The van der Waals surface area contributed by atoms with E-state index < -0.39 is 0 Å². The number of rotatable bonds is 5. The Morgan fingerprint density at radius 1 is 1.21 bits per heavy atom. The van der Waals surface area contributed by atoms with Gasteiger partial charge >= 0.3 is 0 Å². The largest absolute Gasteiger partial charge is 0.359 e. The lowest BCUT2D eigenvalue weighted by atomic mass is 9.95. The molecule has 146 valence electrons. The molecule has 0 spiro atoms. The molecule has 7 heteroatoms. The number of hydrogen-bond donors (Lipinski definition) is 2. The molecular formula is C21H26N6O. The number of H-pyrrole nitrogens is 1. The molecular weight excluding hydrogens is 352 g/mol. The van der Waals surface area contributed by atoms with E-state index in [1.165, 1.54) is 24.0 Å². The van der Waals surface area contributed by atoms with Crippen molar-refractivity contribution in [3.63, 3.8) is 0 Å². The molecule has 4 heterocycles. The molecule has 0 radical (unpaired) electrons. The molecule has 1 amide bonds. The van der Waals surface area contributed by atoms with Crippen LogP contribution in [0.4, 0.5) is 0 Å². The standard InChI is InChI=1S/C21H26N6O/c1-13(2)18-16(12-27-9-4-5-10-27)14(3)24-17(18)11-15-19(25-26-21(15)28)20-22-7-6-8-23-20/h6-8,11,13,24H,4-5,9-10,12H2,1-3H3,(H,26,28)/b15-11+. The molecule has 0 aliphatic carbocycles. The van der Waals surface area contributed by atoms with Gasteiger partial charge in [0.1, 0.15) is 5.71 Å². The summed E-state index contributed by atoms with van der Waals surface area (Å²) in [5, 5.41) is 4.15. The normalized spacial score (nSPS) is 18.9. The quantitative estimate of drug-likeness (QED) is 0.784. The third kappa shape index (κ3) is 3.49. The van der Waals surface area contributed by atoms with Crippen LogP contribution in [-0.4, -0.2) is 44.6 Å². The SMILES string of the molecule is Cc1[nH]c(/C=C2/C(=O)NN=C2c2ncccn2)c(C(C)C)c1CN1CCCC1. The van der Waals surface area contributed by atoms with Gasteiger partial charge in [-0.25, -0.2) is 15.4 Å². The van der Waals surface area contributed by atoms with Crippen molar-refractivity contribution >= 4 is 17.7 Å². The summed E-state index contributed by atoms with van der Waals surface area (Å²) in [7, 11) is 0. The lowest BCUT2D eigenvalue weighted by molar-refractivity contribution is -0.116. The molecule has 28 heavy (non-hydrogen) atoms. The number of nitrogens with zero attached hydrogens (tertiary/aromatic N) is 4. The van der Waals surface area contributed by atoms with Crippen molar-refractivity contribution in [2.75, 3.05) is 13.1 Å². The Morgan fingerprint density at radius 3 is 2.61 bits per heavy atom. The zero-order valence-electron chi connectivity index (χ0n) is 16.6. The highest BCUT2D eigenvalue weighted by molar-refractivity contribution is 6.32. The molecule has 2 aliphatic heterocycles. The number of hydrazone groups is 1. The van der Waals surface area contributed by atoms with Crippen molar-refractivity contribution in [1.29, 1.82) is 0 Å². The lowest BCUT2D eigenvalue weighted by Crippen LogP contribution is -2.19. The fourth-order valence-electron chi connectivity index (χ4n) is 4.06. The summed E-state index contributed by atoms with van der Waals surface area (Å²) in [5.74, 6) is 0.552. The van der Waals surface area contributed by atoms with Crippen LogP contribution in [0.1, 0.15) is 60.9 Å². The smallest absolute Gasteiger partial charge is 0.273 e. The first-order chi connectivity index (χ1) is 13.5. The van der Waals surface area contributed by atoms with Crippen molar-refractivity contribution in [2.24, 2.45) is 5.10 Å². The summed E-state index contributed by atoms with van der Waals surface area (Å²) in [6.45, 7) is 9.77. The zero-order chi connectivity index (χ0) is 19.7. The number of aryl methyl sites for hydroxylation is 1. The number of amides is 1. The van der Waals surface area contributed by atoms with Gasteiger partial charge in [0.2, 0.25) is 0 Å². The van der Waals surface area contributed by atoms with Crippen molar-refractivity contribution in [3.8, 4) is 0 Å². The molecule has 4 rings (SSSR count). The number of aromatic amines is 1.